The Hall–Kier alpha value is -2.84. The Morgan fingerprint density at radius 2 is 2.00 bits per heavy atom. The molecule has 2 heterocycles. The lowest BCUT2D eigenvalue weighted by molar-refractivity contribution is -0.113. The summed E-state index contributed by atoms with van der Waals surface area (Å²) in [5.74, 6) is -0.0454. The first-order chi connectivity index (χ1) is 12.9. The quantitative estimate of drug-likeness (QED) is 0.621. The Morgan fingerprint density at radius 3 is 2.78 bits per heavy atom. The third-order valence-electron chi connectivity index (χ3n) is 4.19. The van der Waals surface area contributed by atoms with Crippen LogP contribution in [0.5, 0.6) is 11.5 Å². The van der Waals surface area contributed by atoms with Crippen molar-refractivity contribution in [3.8, 4) is 11.5 Å². The highest BCUT2D eigenvalue weighted by molar-refractivity contribution is 8.27. The van der Waals surface area contributed by atoms with Crippen molar-refractivity contribution in [3.63, 3.8) is 0 Å². The zero-order chi connectivity index (χ0) is 19.1. The van der Waals surface area contributed by atoms with E-state index in [1.165, 1.54) is 28.8 Å². The molecule has 1 amide bonds. The molecule has 0 bridgehead atoms. The molecule has 2 aromatic carbocycles. The summed E-state index contributed by atoms with van der Waals surface area (Å²) in [7, 11) is 0. The molecule has 2 aromatic rings. The lowest BCUT2D eigenvalue weighted by atomic mass is 10.1. The molecule has 1 fully saturated rings. The van der Waals surface area contributed by atoms with Crippen LogP contribution in [0.3, 0.4) is 0 Å². The summed E-state index contributed by atoms with van der Waals surface area (Å²) in [6, 6.07) is 10.0. The van der Waals surface area contributed by atoms with E-state index in [2.05, 4.69) is 0 Å². The number of aryl methyl sites for hydroxylation is 1. The fourth-order valence-corrected chi connectivity index (χ4v) is 4.10. The van der Waals surface area contributed by atoms with Gasteiger partial charge in [0, 0.05) is 0 Å². The minimum atomic E-state index is -1.06. The maximum atomic E-state index is 12.9. The number of ether oxygens (including phenoxy) is 2. The summed E-state index contributed by atoms with van der Waals surface area (Å²) in [6.45, 7) is 1.99. The number of carbonyl (C=O) groups is 2. The Morgan fingerprint density at radius 1 is 1.22 bits per heavy atom. The minimum absolute atomic E-state index is 0.101. The van der Waals surface area contributed by atoms with Crippen molar-refractivity contribution in [1.82, 2.24) is 0 Å². The normalized spacial score (nSPS) is 17.1. The predicted molar refractivity (Wildman–Crippen MR) is 106 cm³/mol. The molecule has 136 valence electrons. The molecule has 6 nitrogen and oxygen atoms in total. The van der Waals surface area contributed by atoms with Crippen LogP contribution in [0.2, 0.25) is 0 Å². The maximum absolute atomic E-state index is 12.9. The summed E-state index contributed by atoms with van der Waals surface area (Å²) in [4.78, 5) is 26.0. The smallest absolute Gasteiger partial charge is 0.335 e. The first-order valence-corrected chi connectivity index (χ1v) is 9.18. The standard InChI is InChI=1S/C19H13NO5S2/c1-10-2-4-12(18(22)23)8-13(10)20-17(21)16(27-19(20)26)7-11-3-5-14-15(6-11)25-9-24-14/h2-8H,9H2,1H3,(H,22,23). The molecule has 0 spiro atoms. The number of carbonyl (C=O) groups excluding carboxylic acids is 1. The Labute approximate surface area is 164 Å². The second-order valence-corrected chi connectivity index (χ2v) is 7.61. The van der Waals surface area contributed by atoms with E-state index in [0.717, 1.165) is 11.1 Å². The molecule has 0 aromatic heterocycles. The van der Waals surface area contributed by atoms with Gasteiger partial charge in [0.15, 0.2) is 15.8 Å². The fourth-order valence-electron chi connectivity index (χ4n) is 2.81. The van der Waals surface area contributed by atoms with Gasteiger partial charge in [0.25, 0.3) is 5.91 Å². The van der Waals surface area contributed by atoms with Gasteiger partial charge in [0.2, 0.25) is 6.79 Å². The van der Waals surface area contributed by atoms with Gasteiger partial charge in [-0.25, -0.2) is 4.79 Å². The van der Waals surface area contributed by atoms with Gasteiger partial charge in [0.1, 0.15) is 0 Å². The SMILES string of the molecule is Cc1ccc(C(=O)O)cc1N1C(=O)C(=Cc2ccc3c(c2)OCO3)SC1=S. The van der Waals surface area contributed by atoms with Crippen LogP contribution in [-0.4, -0.2) is 28.1 Å². The number of amides is 1. The molecule has 4 rings (SSSR count). The molecule has 1 N–H and O–H groups in total. The van der Waals surface area contributed by atoms with E-state index >= 15 is 0 Å². The molecule has 8 heteroatoms. The van der Waals surface area contributed by atoms with Crippen LogP contribution in [0.1, 0.15) is 21.5 Å². The minimum Gasteiger partial charge on any atom is -0.478 e. The number of carboxylic acids is 1. The lowest BCUT2D eigenvalue weighted by Gasteiger charge is -2.17. The zero-order valence-electron chi connectivity index (χ0n) is 14.1. The summed E-state index contributed by atoms with van der Waals surface area (Å²) < 4.78 is 11.0. The Kier molecular flexibility index (Phi) is 4.37. The van der Waals surface area contributed by atoms with Gasteiger partial charge in [-0.3, -0.25) is 9.69 Å². The lowest BCUT2D eigenvalue weighted by Crippen LogP contribution is -2.28. The zero-order valence-corrected chi connectivity index (χ0v) is 15.7. The van der Waals surface area contributed by atoms with Crippen molar-refractivity contribution in [3.05, 3.63) is 58.0 Å². The largest absolute Gasteiger partial charge is 0.478 e. The van der Waals surface area contributed by atoms with Gasteiger partial charge < -0.3 is 14.6 Å². The number of nitrogens with zero attached hydrogens (tertiary/aromatic N) is 1. The third-order valence-corrected chi connectivity index (χ3v) is 5.49. The highest BCUT2D eigenvalue weighted by Gasteiger charge is 2.34. The number of thioether (sulfide) groups is 1. The van der Waals surface area contributed by atoms with Crippen LogP contribution < -0.4 is 14.4 Å². The number of aromatic carboxylic acids is 1. The first kappa shape index (κ1) is 17.6. The molecule has 27 heavy (non-hydrogen) atoms. The molecule has 0 unspecified atom stereocenters. The highest BCUT2D eigenvalue weighted by Crippen LogP contribution is 2.39. The highest BCUT2D eigenvalue weighted by atomic mass is 32.2. The summed E-state index contributed by atoms with van der Waals surface area (Å²) in [5, 5.41) is 9.22. The maximum Gasteiger partial charge on any atom is 0.335 e. The van der Waals surface area contributed by atoms with E-state index in [9.17, 15) is 14.7 Å². The van der Waals surface area contributed by atoms with Crippen LogP contribution in [-0.2, 0) is 4.79 Å². The van der Waals surface area contributed by atoms with Crippen LogP contribution >= 0.6 is 24.0 Å². The number of hydrogen-bond acceptors (Lipinski definition) is 6. The number of benzene rings is 2. The molecule has 0 radical (unpaired) electrons. The molecular formula is C19H13NO5S2. The number of thiocarbonyl (C=S) groups is 1. The van der Waals surface area contributed by atoms with Crippen molar-refractivity contribution < 1.29 is 24.2 Å². The molecule has 0 saturated carbocycles. The molecule has 1 saturated heterocycles. The molecule has 0 aliphatic carbocycles. The summed E-state index contributed by atoms with van der Waals surface area (Å²) in [5.41, 5.74) is 2.13. The number of rotatable bonds is 3. The van der Waals surface area contributed by atoms with Gasteiger partial charge in [0.05, 0.1) is 16.2 Å². The average molecular weight is 399 g/mol. The average Bonchev–Trinajstić information content (AvgIpc) is 3.20. The summed E-state index contributed by atoms with van der Waals surface area (Å²) >= 11 is 6.55. The first-order valence-electron chi connectivity index (χ1n) is 7.95. The van der Waals surface area contributed by atoms with Crippen molar-refractivity contribution >= 4 is 51.9 Å². The van der Waals surface area contributed by atoms with Crippen molar-refractivity contribution in [2.75, 3.05) is 11.7 Å². The van der Waals surface area contributed by atoms with Gasteiger partial charge >= 0.3 is 5.97 Å². The number of carboxylic acid groups (broad SMARTS) is 1. The second kappa shape index (κ2) is 6.71. The number of fused-ring (bicyclic) bond motifs is 1. The Bertz CT molecular complexity index is 1030. The number of anilines is 1. The van der Waals surface area contributed by atoms with E-state index in [4.69, 9.17) is 21.7 Å². The van der Waals surface area contributed by atoms with Crippen molar-refractivity contribution in [1.29, 1.82) is 0 Å². The Balaban J connectivity index is 1.68. The van der Waals surface area contributed by atoms with E-state index in [0.29, 0.717) is 26.4 Å². The van der Waals surface area contributed by atoms with E-state index in [-0.39, 0.29) is 18.3 Å². The van der Waals surface area contributed by atoms with Gasteiger partial charge in [-0.05, 0) is 48.4 Å². The van der Waals surface area contributed by atoms with Crippen molar-refractivity contribution in [2.24, 2.45) is 0 Å². The second-order valence-electron chi connectivity index (χ2n) is 5.94. The molecule has 2 aliphatic rings. The third kappa shape index (κ3) is 3.17. The fraction of sp³-hybridized carbons (Fsp3) is 0.105. The topological polar surface area (TPSA) is 76.1 Å². The van der Waals surface area contributed by atoms with Gasteiger partial charge in [-0.15, -0.1) is 0 Å². The predicted octanol–water partition coefficient (Wildman–Crippen LogP) is 3.83. The van der Waals surface area contributed by atoms with Crippen molar-refractivity contribution in [2.45, 2.75) is 6.92 Å². The van der Waals surface area contributed by atoms with Crippen LogP contribution in [0.25, 0.3) is 6.08 Å². The molecule has 2 aliphatic heterocycles. The van der Waals surface area contributed by atoms with Crippen LogP contribution in [0.4, 0.5) is 5.69 Å². The monoisotopic (exact) mass is 399 g/mol. The number of hydrogen-bond donors (Lipinski definition) is 1. The molecule has 0 atom stereocenters. The van der Waals surface area contributed by atoms with E-state index < -0.39 is 5.97 Å². The van der Waals surface area contributed by atoms with E-state index in [1.54, 1.807) is 31.2 Å². The molecular weight excluding hydrogens is 386 g/mol. The van der Waals surface area contributed by atoms with Crippen LogP contribution in [0, 0.1) is 6.92 Å². The van der Waals surface area contributed by atoms with Crippen LogP contribution in [0.15, 0.2) is 41.3 Å². The van der Waals surface area contributed by atoms with Gasteiger partial charge in [-0.2, -0.15) is 0 Å². The van der Waals surface area contributed by atoms with Gasteiger partial charge in [-0.1, -0.05) is 36.1 Å². The summed E-state index contributed by atoms with van der Waals surface area (Å²) in [6.07, 6.45) is 1.73. The van der Waals surface area contributed by atoms with E-state index in [1.807, 2.05) is 6.07 Å².